The molecule has 0 aromatic heterocycles. The van der Waals surface area contributed by atoms with Crippen LogP contribution in [0.15, 0.2) is 0 Å². The van der Waals surface area contributed by atoms with Crippen LogP contribution in [0, 0.1) is 5.92 Å². The summed E-state index contributed by atoms with van der Waals surface area (Å²) in [6.45, 7) is -0.768. The van der Waals surface area contributed by atoms with Crippen molar-refractivity contribution in [3.05, 3.63) is 0 Å². The van der Waals surface area contributed by atoms with E-state index in [1.54, 1.807) is 0 Å². The lowest BCUT2D eigenvalue weighted by Crippen LogP contribution is -2.46. The number of aliphatic hydroxyl groups excluding tert-OH is 1. The molecule has 20 heavy (non-hydrogen) atoms. The molecule has 118 valence electrons. The van der Waals surface area contributed by atoms with Gasteiger partial charge in [-0.1, -0.05) is 0 Å². The number of aliphatic hydroxyl groups is 1. The minimum atomic E-state index is -3.28. The van der Waals surface area contributed by atoms with E-state index in [0.29, 0.717) is 12.8 Å². The summed E-state index contributed by atoms with van der Waals surface area (Å²) in [5.41, 5.74) is 0. The van der Waals surface area contributed by atoms with Crippen molar-refractivity contribution in [1.82, 2.24) is 9.21 Å². The summed E-state index contributed by atoms with van der Waals surface area (Å²) < 4.78 is 48.7. The molecule has 1 N–H and O–H groups in total. The molecule has 1 amide bonds. The number of alkyl halides is 2. The Morgan fingerprint density at radius 1 is 1.40 bits per heavy atom. The number of piperidine rings is 1. The van der Waals surface area contributed by atoms with Crippen LogP contribution in [0.4, 0.5) is 8.78 Å². The van der Waals surface area contributed by atoms with Crippen LogP contribution in [0.5, 0.6) is 0 Å². The van der Waals surface area contributed by atoms with Gasteiger partial charge in [-0.15, -0.1) is 0 Å². The zero-order chi connectivity index (χ0) is 15.3. The number of rotatable bonds is 6. The molecular weight excluding hydrogens is 294 g/mol. The third kappa shape index (κ3) is 4.95. The van der Waals surface area contributed by atoms with Crippen LogP contribution in [0.3, 0.4) is 0 Å². The van der Waals surface area contributed by atoms with E-state index >= 15 is 0 Å². The zero-order valence-electron chi connectivity index (χ0n) is 11.3. The molecule has 0 radical (unpaired) electrons. The van der Waals surface area contributed by atoms with Crippen molar-refractivity contribution >= 4 is 15.9 Å². The second kappa shape index (κ2) is 7.28. The van der Waals surface area contributed by atoms with Gasteiger partial charge in [0.15, 0.2) is 0 Å². The van der Waals surface area contributed by atoms with Gasteiger partial charge >= 0.3 is 0 Å². The second-order valence-electron chi connectivity index (χ2n) is 4.84. The van der Waals surface area contributed by atoms with Crippen molar-refractivity contribution < 1.29 is 27.1 Å². The van der Waals surface area contributed by atoms with Gasteiger partial charge in [0, 0.05) is 25.6 Å². The Morgan fingerprint density at radius 3 is 2.35 bits per heavy atom. The summed E-state index contributed by atoms with van der Waals surface area (Å²) in [6, 6.07) is 0. The lowest BCUT2D eigenvalue weighted by atomic mass is 9.96. The lowest BCUT2D eigenvalue weighted by Gasteiger charge is -2.32. The maximum Gasteiger partial charge on any atom is 0.255 e. The van der Waals surface area contributed by atoms with Crippen molar-refractivity contribution in [3.63, 3.8) is 0 Å². The normalized spacial score (nSPS) is 18.4. The predicted molar refractivity (Wildman–Crippen MR) is 68.8 cm³/mol. The fourth-order valence-electron chi connectivity index (χ4n) is 2.27. The molecule has 0 atom stereocenters. The first-order chi connectivity index (χ1) is 9.25. The minimum Gasteiger partial charge on any atom is -0.395 e. The molecule has 9 heteroatoms. The fraction of sp³-hybridized carbons (Fsp3) is 0.909. The quantitative estimate of drug-likeness (QED) is 0.733. The maximum atomic E-state index is 12.4. The molecule has 1 fully saturated rings. The van der Waals surface area contributed by atoms with E-state index < -0.39 is 34.8 Å². The number of sulfonamides is 1. The molecule has 0 aliphatic carbocycles. The molecule has 0 bridgehead atoms. The van der Waals surface area contributed by atoms with E-state index in [4.69, 9.17) is 5.11 Å². The third-order valence-corrected chi connectivity index (χ3v) is 4.62. The Bertz CT molecular complexity index is 422. The highest BCUT2D eigenvalue weighted by Gasteiger charge is 2.32. The van der Waals surface area contributed by atoms with Crippen molar-refractivity contribution in [2.75, 3.05) is 39.0 Å². The smallest absolute Gasteiger partial charge is 0.255 e. The van der Waals surface area contributed by atoms with Crippen LogP contribution in [-0.2, 0) is 14.8 Å². The average Bonchev–Trinajstić information content (AvgIpc) is 2.36. The van der Waals surface area contributed by atoms with E-state index in [0.717, 1.165) is 11.2 Å². The molecule has 6 nitrogen and oxygen atoms in total. The average molecular weight is 314 g/mol. The number of nitrogens with zero attached hydrogens (tertiary/aromatic N) is 2. The van der Waals surface area contributed by atoms with E-state index in [-0.39, 0.29) is 26.2 Å². The number of hydrogen-bond acceptors (Lipinski definition) is 4. The molecule has 0 saturated carbocycles. The zero-order valence-corrected chi connectivity index (χ0v) is 12.2. The van der Waals surface area contributed by atoms with Crippen LogP contribution < -0.4 is 0 Å². The van der Waals surface area contributed by atoms with E-state index in [2.05, 4.69) is 0 Å². The van der Waals surface area contributed by atoms with E-state index in [9.17, 15) is 22.0 Å². The number of hydrogen-bond donors (Lipinski definition) is 1. The molecule has 1 rings (SSSR count). The molecule has 1 saturated heterocycles. The number of amides is 1. The first-order valence-electron chi connectivity index (χ1n) is 6.38. The molecule has 0 unspecified atom stereocenters. The number of carbonyl (C=O) groups excluding carboxylic acids is 1. The van der Waals surface area contributed by atoms with Gasteiger partial charge in [0.25, 0.3) is 6.43 Å². The van der Waals surface area contributed by atoms with Crippen LogP contribution in [-0.4, -0.2) is 74.1 Å². The van der Waals surface area contributed by atoms with Gasteiger partial charge in [-0.05, 0) is 12.8 Å². The van der Waals surface area contributed by atoms with Crippen LogP contribution in [0.2, 0.25) is 0 Å². The summed E-state index contributed by atoms with van der Waals surface area (Å²) in [5, 5.41) is 8.82. The highest BCUT2D eigenvalue weighted by molar-refractivity contribution is 7.88. The monoisotopic (exact) mass is 314 g/mol. The Kier molecular flexibility index (Phi) is 6.28. The maximum absolute atomic E-state index is 12.4. The number of halogens is 2. The largest absolute Gasteiger partial charge is 0.395 e. The molecular formula is C11H20F2N2O4S. The molecule has 0 aromatic carbocycles. The Balaban J connectivity index is 2.60. The van der Waals surface area contributed by atoms with Crippen molar-refractivity contribution in [2.24, 2.45) is 5.92 Å². The lowest BCUT2D eigenvalue weighted by molar-refractivity contribution is -0.139. The fourth-order valence-corrected chi connectivity index (χ4v) is 3.15. The highest BCUT2D eigenvalue weighted by Crippen LogP contribution is 2.21. The van der Waals surface area contributed by atoms with E-state index in [1.807, 2.05) is 0 Å². The molecule has 1 heterocycles. The van der Waals surface area contributed by atoms with Crippen LogP contribution in [0.25, 0.3) is 0 Å². The summed E-state index contributed by atoms with van der Waals surface area (Å²) in [5.74, 6) is -0.897. The van der Waals surface area contributed by atoms with Gasteiger partial charge in [0.1, 0.15) is 0 Å². The van der Waals surface area contributed by atoms with Gasteiger partial charge in [-0.3, -0.25) is 4.79 Å². The third-order valence-electron chi connectivity index (χ3n) is 3.31. The summed E-state index contributed by atoms with van der Waals surface area (Å²) >= 11 is 0. The van der Waals surface area contributed by atoms with Gasteiger partial charge in [-0.25, -0.2) is 21.5 Å². The molecule has 0 spiro atoms. The first-order valence-corrected chi connectivity index (χ1v) is 8.23. The minimum absolute atomic E-state index is 0.129. The van der Waals surface area contributed by atoms with E-state index in [1.165, 1.54) is 4.31 Å². The van der Waals surface area contributed by atoms with Crippen LogP contribution in [0.1, 0.15) is 12.8 Å². The Morgan fingerprint density at radius 2 is 1.95 bits per heavy atom. The molecule has 1 aliphatic rings. The second-order valence-corrected chi connectivity index (χ2v) is 6.82. The van der Waals surface area contributed by atoms with Gasteiger partial charge in [-0.2, -0.15) is 0 Å². The molecule has 1 aliphatic heterocycles. The standard InChI is InChI=1S/C11H20F2N2O4S/c1-20(18,19)15-4-2-9(3-5-15)11(17)14(6-7-16)8-10(12)13/h9-10,16H,2-8H2,1H3. The van der Waals surface area contributed by atoms with Crippen molar-refractivity contribution in [3.8, 4) is 0 Å². The van der Waals surface area contributed by atoms with Gasteiger partial charge in [0.05, 0.1) is 19.4 Å². The molecule has 0 aromatic rings. The topological polar surface area (TPSA) is 77.9 Å². The SMILES string of the molecule is CS(=O)(=O)N1CCC(C(=O)N(CCO)CC(F)F)CC1. The van der Waals surface area contributed by atoms with Crippen molar-refractivity contribution in [1.29, 1.82) is 0 Å². The Labute approximate surface area is 117 Å². The number of carbonyl (C=O) groups is 1. The summed E-state index contributed by atoms with van der Waals surface area (Å²) in [4.78, 5) is 13.0. The predicted octanol–water partition coefficient (Wildman–Crippen LogP) is -0.256. The highest BCUT2D eigenvalue weighted by atomic mass is 32.2. The van der Waals surface area contributed by atoms with Crippen LogP contribution >= 0.6 is 0 Å². The summed E-state index contributed by atoms with van der Waals surface area (Å²) in [7, 11) is -3.28. The Hall–Kier alpha value is -0.800. The first kappa shape index (κ1) is 17.3. The van der Waals surface area contributed by atoms with Gasteiger partial charge < -0.3 is 10.0 Å². The van der Waals surface area contributed by atoms with Crippen molar-refractivity contribution in [2.45, 2.75) is 19.3 Å². The van der Waals surface area contributed by atoms with Gasteiger partial charge in [0.2, 0.25) is 15.9 Å². The summed E-state index contributed by atoms with van der Waals surface area (Å²) in [6.07, 6.45) is -0.917.